The van der Waals surface area contributed by atoms with Gasteiger partial charge in [-0.25, -0.2) is 0 Å². The molecule has 15 heavy (non-hydrogen) atoms. The fraction of sp³-hybridized carbons (Fsp3) is 0.857. The van der Waals surface area contributed by atoms with Gasteiger partial charge < -0.3 is 0 Å². The zero-order chi connectivity index (χ0) is 11.2. The van der Waals surface area contributed by atoms with Gasteiger partial charge in [0.15, 0.2) is 0 Å². The van der Waals surface area contributed by atoms with Crippen LogP contribution in [0.2, 0.25) is 0 Å². The molecule has 0 spiro atoms. The molecule has 0 aliphatic carbocycles. The van der Waals surface area contributed by atoms with Crippen molar-refractivity contribution in [3.8, 4) is 0 Å². The van der Waals surface area contributed by atoms with Gasteiger partial charge in [0.05, 0.1) is 0 Å². The fourth-order valence-electron chi connectivity index (χ4n) is 1.60. The summed E-state index contributed by atoms with van der Waals surface area (Å²) in [6, 6.07) is 0. The Hall–Kier alpha value is 0.170. The van der Waals surface area contributed by atoms with Crippen LogP contribution in [-0.4, -0.2) is 6.16 Å². The molecule has 0 aliphatic rings. The standard InChI is InChI=1S/C14H29P/c1-3-5-7-8-9-10-12-14-15-13-11-6-4-2/h11,13,15H,3-10,12,14H2,1-2H3/b13-11+. The first-order valence-electron chi connectivity index (χ1n) is 6.80. The van der Waals surface area contributed by atoms with E-state index in [0.29, 0.717) is 0 Å². The fourth-order valence-corrected chi connectivity index (χ4v) is 2.55. The normalized spacial score (nSPS) is 12.1. The molecule has 0 aromatic rings. The van der Waals surface area contributed by atoms with Gasteiger partial charge in [-0.15, -0.1) is 0 Å². The van der Waals surface area contributed by atoms with Crippen molar-refractivity contribution in [2.75, 3.05) is 6.16 Å². The number of allylic oxidation sites excluding steroid dienone is 1. The van der Waals surface area contributed by atoms with Crippen LogP contribution in [0.15, 0.2) is 11.9 Å². The van der Waals surface area contributed by atoms with Crippen molar-refractivity contribution < 1.29 is 0 Å². The van der Waals surface area contributed by atoms with Gasteiger partial charge in [-0.3, -0.25) is 0 Å². The van der Waals surface area contributed by atoms with Gasteiger partial charge in [0.2, 0.25) is 0 Å². The van der Waals surface area contributed by atoms with E-state index in [1.165, 1.54) is 63.9 Å². The highest BCUT2D eigenvalue weighted by molar-refractivity contribution is 7.41. The van der Waals surface area contributed by atoms with Gasteiger partial charge in [-0.1, -0.05) is 79.3 Å². The number of unbranched alkanes of at least 4 members (excludes halogenated alkanes) is 7. The van der Waals surface area contributed by atoms with Crippen molar-refractivity contribution in [1.29, 1.82) is 0 Å². The first kappa shape index (κ1) is 15.2. The van der Waals surface area contributed by atoms with Crippen LogP contribution in [-0.2, 0) is 0 Å². The van der Waals surface area contributed by atoms with E-state index in [4.69, 9.17) is 0 Å². The van der Waals surface area contributed by atoms with Crippen LogP contribution in [0.1, 0.15) is 71.6 Å². The van der Waals surface area contributed by atoms with Gasteiger partial charge in [-0.05, 0) is 19.0 Å². The van der Waals surface area contributed by atoms with Gasteiger partial charge in [0.1, 0.15) is 0 Å². The Morgan fingerprint density at radius 3 is 2.13 bits per heavy atom. The monoisotopic (exact) mass is 228 g/mol. The summed E-state index contributed by atoms with van der Waals surface area (Å²) in [7, 11) is 1.07. The second-order valence-corrected chi connectivity index (χ2v) is 5.51. The van der Waals surface area contributed by atoms with Crippen LogP contribution < -0.4 is 0 Å². The summed E-state index contributed by atoms with van der Waals surface area (Å²) in [5.41, 5.74) is 0. The highest BCUT2D eigenvalue weighted by Gasteiger charge is 1.89. The summed E-state index contributed by atoms with van der Waals surface area (Å²) in [5, 5.41) is 0. The largest absolute Gasteiger partial charge is 0.0987 e. The maximum atomic E-state index is 2.39. The average Bonchev–Trinajstić information content (AvgIpc) is 2.26. The van der Waals surface area contributed by atoms with Gasteiger partial charge in [-0.2, -0.15) is 0 Å². The van der Waals surface area contributed by atoms with E-state index >= 15 is 0 Å². The minimum atomic E-state index is 1.07. The summed E-state index contributed by atoms with van der Waals surface area (Å²) >= 11 is 0. The lowest BCUT2D eigenvalue weighted by Crippen LogP contribution is -1.80. The average molecular weight is 228 g/mol. The Labute approximate surface area is 98.7 Å². The first-order valence-corrected chi connectivity index (χ1v) is 8.08. The lowest BCUT2D eigenvalue weighted by molar-refractivity contribution is 0.603. The first-order chi connectivity index (χ1) is 7.41. The van der Waals surface area contributed by atoms with Crippen molar-refractivity contribution in [3.63, 3.8) is 0 Å². The van der Waals surface area contributed by atoms with Crippen molar-refractivity contribution >= 4 is 8.58 Å². The Balaban J connectivity index is 2.92. The van der Waals surface area contributed by atoms with Crippen molar-refractivity contribution in [2.24, 2.45) is 0 Å². The SMILES string of the molecule is CCC/C=C/PCCCCCCCCC. The van der Waals surface area contributed by atoms with Gasteiger partial charge >= 0.3 is 0 Å². The second-order valence-electron chi connectivity index (χ2n) is 4.27. The number of hydrogen-bond donors (Lipinski definition) is 0. The van der Waals surface area contributed by atoms with E-state index in [-0.39, 0.29) is 0 Å². The summed E-state index contributed by atoms with van der Waals surface area (Å²) in [6.45, 7) is 4.52. The van der Waals surface area contributed by atoms with E-state index in [9.17, 15) is 0 Å². The van der Waals surface area contributed by atoms with Gasteiger partial charge in [0.25, 0.3) is 0 Å². The molecule has 0 radical (unpaired) electrons. The van der Waals surface area contributed by atoms with Crippen molar-refractivity contribution in [2.45, 2.75) is 71.6 Å². The third kappa shape index (κ3) is 14.2. The van der Waals surface area contributed by atoms with Crippen molar-refractivity contribution in [1.82, 2.24) is 0 Å². The molecule has 0 rings (SSSR count). The molecular formula is C14H29P. The Morgan fingerprint density at radius 1 is 0.800 bits per heavy atom. The molecule has 0 heterocycles. The van der Waals surface area contributed by atoms with Gasteiger partial charge in [0, 0.05) is 0 Å². The van der Waals surface area contributed by atoms with E-state index in [0.717, 1.165) is 8.58 Å². The minimum Gasteiger partial charge on any atom is -0.0987 e. The van der Waals surface area contributed by atoms with Crippen LogP contribution in [0.3, 0.4) is 0 Å². The number of rotatable bonds is 11. The third-order valence-corrected chi connectivity index (χ3v) is 3.73. The molecule has 0 N–H and O–H groups in total. The molecule has 0 aliphatic heterocycles. The smallest absolute Gasteiger partial charge is 0.0319 e. The predicted octanol–water partition coefficient (Wildman–Crippen LogP) is 5.73. The van der Waals surface area contributed by atoms with Crippen LogP contribution in [0, 0.1) is 0 Å². The van der Waals surface area contributed by atoms with Crippen LogP contribution in [0.25, 0.3) is 0 Å². The highest BCUT2D eigenvalue weighted by atomic mass is 31.1. The van der Waals surface area contributed by atoms with Crippen molar-refractivity contribution in [3.05, 3.63) is 11.9 Å². The number of hydrogen-bond acceptors (Lipinski definition) is 0. The summed E-state index contributed by atoms with van der Waals surface area (Å²) in [5.74, 6) is 2.39. The van der Waals surface area contributed by atoms with Crippen LogP contribution in [0.5, 0.6) is 0 Å². The third-order valence-electron chi connectivity index (χ3n) is 2.62. The minimum absolute atomic E-state index is 1.07. The molecule has 0 saturated heterocycles. The topological polar surface area (TPSA) is 0 Å². The molecule has 1 atom stereocenters. The zero-order valence-corrected chi connectivity index (χ0v) is 11.7. The maximum absolute atomic E-state index is 2.39. The lowest BCUT2D eigenvalue weighted by Gasteiger charge is -1.99. The molecule has 1 heteroatoms. The summed E-state index contributed by atoms with van der Waals surface area (Å²) in [6.07, 6.45) is 16.4. The molecule has 0 bridgehead atoms. The highest BCUT2D eigenvalue weighted by Crippen LogP contribution is 2.16. The Bertz CT molecular complexity index is 129. The lowest BCUT2D eigenvalue weighted by atomic mass is 10.1. The molecule has 0 aromatic carbocycles. The summed E-state index contributed by atoms with van der Waals surface area (Å²) in [4.78, 5) is 0. The molecule has 90 valence electrons. The van der Waals surface area contributed by atoms with E-state index in [2.05, 4.69) is 25.7 Å². The van der Waals surface area contributed by atoms with Crippen LogP contribution in [0.4, 0.5) is 0 Å². The van der Waals surface area contributed by atoms with Crippen LogP contribution >= 0.6 is 8.58 Å². The quantitative estimate of drug-likeness (QED) is 0.313. The Morgan fingerprint density at radius 2 is 1.47 bits per heavy atom. The molecule has 0 nitrogen and oxygen atoms in total. The Kier molecular flexibility index (Phi) is 14.3. The molecule has 0 amide bonds. The van der Waals surface area contributed by atoms with E-state index in [1.54, 1.807) is 0 Å². The zero-order valence-electron chi connectivity index (χ0n) is 10.7. The molecule has 0 fully saturated rings. The maximum Gasteiger partial charge on any atom is -0.0319 e. The van der Waals surface area contributed by atoms with E-state index in [1.807, 2.05) is 0 Å². The van der Waals surface area contributed by atoms with E-state index < -0.39 is 0 Å². The summed E-state index contributed by atoms with van der Waals surface area (Å²) < 4.78 is 0. The molecular weight excluding hydrogens is 199 g/mol. The molecule has 0 saturated carbocycles. The molecule has 1 unspecified atom stereocenters. The predicted molar refractivity (Wildman–Crippen MR) is 75.2 cm³/mol. The molecule has 0 aromatic heterocycles. The second kappa shape index (κ2) is 14.2.